The molecule has 0 aliphatic heterocycles. The normalized spacial score (nSPS) is 10.3. The number of amides is 1. The maximum Gasteiger partial charge on any atom is 0.252 e. The van der Waals surface area contributed by atoms with Gasteiger partial charge in [-0.1, -0.05) is 0 Å². The van der Waals surface area contributed by atoms with Crippen LogP contribution in [0.4, 0.5) is 0 Å². The van der Waals surface area contributed by atoms with Gasteiger partial charge in [-0.2, -0.15) is 0 Å². The SMILES string of the molecule is COc1ccc(Br)c(C(=O)NCCc2nncn2C)c1. The van der Waals surface area contributed by atoms with E-state index < -0.39 is 0 Å². The third kappa shape index (κ3) is 3.36. The lowest BCUT2D eigenvalue weighted by Gasteiger charge is -2.08. The molecule has 1 amide bonds. The molecule has 0 aliphatic rings. The van der Waals surface area contributed by atoms with Gasteiger partial charge in [-0.15, -0.1) is 10.2 Å². The minimum atomic E-state index is -0.155. The summed E-state index contributed by atoms with van der Waals surface area (Å²) in [5.74, 6) is 1.32. The summed E-state index contributed by atoms with van der Waals surface area (Å²) in [4.78, 5) is 12.1. The van der Waals surface area contributed by atoms with E-state index in [0.29, 0.717) is 24.3 Å². The van der Waals surface area contributed by atoms with Gasteiger partial charge >= 0.3 is 0 Å². The summed E-state index contributed by atoms with van der Waals surface area (Å²) >= 11 is 3.36. The van der Waals surface area contributed by atoms with Crippen LogP contribution in [0.1, 0.15) is 16.2 Å². The lowest BCUT2D eigenvalue weighted by atomic mass is 10.2. The number of carbonyl (C=O) groups excluding carboxylic acids is 1. The first-order valence-corrected chi connectivity index (χ1v) is 6.85. The highest BCUT2D eigenvalue weighted by Crippen LogP contribution is 2.22. The number of nitrogens with one attached hydrogen (secondary N) is 1. The molecule has 0 saturated carbocycles. The quantitative estimate of drug-likeness (QED) is 0.898. The second kappa shape index (κ2) is 6.51. The fraction of sp³-hybridized carbons (Fsp3) is 0.308. The fourth-order valence-electron chi connectivity index (χ4n) is 1.72. The second-order valence-corrected chi connectivity index (χ2v) is 5.06. The molecule has 0 spiro atoms. The smallest absolute Gasteiger partial charge is 0.252 e. The van der Waals surface area contributed by atoms with Gasteiger partial charge in [0.05, 0.1) is 12.7 Å². The molecule has 1 aromatic carbocycles. The number of halogens is 1. The molecule has 20 heavy (non-hydrogen) atoms. The van der Waals surface area contributed by atoms with Crippen LogP contribution in [0.15, 0.2) is 29.0 Å². The molecule has 7 heteroatoms. The van der Waals surface area contributed by atoms with Crippen molar-refractivity contribution < 1.29 is 9.53 Å². The minimum Gasteiger partial charge on any atom is -0.497 e. The predicted molar refractivity (Wildman–Crippen MR) is 77.7 cm³/mol. The maximum atomic E-state index is 12.1. The Morgan fingerprint density at radius 3 is 2.95 bits per heavy atom. The van der Waals surface area contributed by atoms with Crippen molar-refractivity contribution in [2.45, 2.75) is 6.42 Å². The van der Waals surface area contributed by atoms with Gasteiger partial charge in [0.2, 0.25) is 0 Å². The van der Waals surface area contributed by atoms with Crippen LogP contribution in [-0.4, -0.2) is 34.3 Å². The van der Waals surface area contributed by atoms with Crippen molar-refractivity contribution in [2.24, 2.45) is 7.05 Å². The molecule has 0 fully saturated rings. The molecule has 1 aromatic heterocycles. The van der Waals surface area contributed by atoms with Crippen molar-refractivity contribution >= 4 is 21.8 Å². The number of carbonyl (C=O) groups is 1. The lowest BCUT2D eigenvalue weighted by Crippen LogP contribution is -2.26. The Morgan fingerprint density at radius 2 is 2.30 bits per heavy atom. The van der Waals surface area contributed by atoms with Gasteiger partial charge in [0, 0.05) is 24.5 Å². The molecule has 0 unspecified atom stereocenters. The van der Waals surface area contributed by atoms with Crippen molar-refractivity contribution in [1.29, 1.82) is 0 Å². The summed E-state index contributed by atoms with van der Waals surface area (Å²) in [5.41, 5.74) is 0.544. The molecule has 0 aliphatic carbocycles. The van der Waals surface area contributed by atoms with E-state index in [4.69, 9.17) is 4.74 Å². The summed E-state index contributed by atoms with van der Waals surface area (Å²) < 4.78 is 7.67. The van der Waals surface area contributed by atoms with Gasteiger partial charge in [0.25, 0.3) is 5.91 Å². The van der Waals surface area contributed by atoms with E-state index in [1.54, 1.807) is 31.6 Å². The Balaban J connectivity index is 1.96. The van der Waals surface area contributed by atoms with Gasteiger partial charge in [-0.25, -0.2) is 0 Å². The first kappa shape index (κ1) is 14.5. The Morgan fingerprint density at radius 1 is 1.50 bits per heavy atom. The van der Waals surface area contributed by atoms with Crippen LogP contribution in [0.2, 0.25) is 0 Å². The molecule has 106 valence electrons. The molecule has 1 N–H and O–H groups in total. The van der Waals surface area contributed by atoms with E-state index in [0.717, 1.165) is 10.3 Å². The highest BCUT2D eigenvalue weighted by Gasteiger charge is 2.11. The van der Waals surface area contributed by atoms with Crippen LogP contribution in [-0.2, 0) is 13.5 Å². The number of nitrogens with zero attached hydrogens (tertiary/aromatic N) is 3. The average molecular weight is 339 g/mol. The van der Waals surface area contributed by atoms with Crippen molar-refractivity contribution in [3.63, 3.8) is 0 Å². The van der Waals surface area contributed by atoms with E-state index in [-0.39, 0.29) is 5.91 Å². The first-order valence-electron chi connectivity index (χ1n) is 6.06. The number of methoxy groups -OCH3 is 1. The van der Waals surface area contributed by atoms with Crippen LogP contribution < -0.4 is 10.1 Å². The molecular weight excluding hydrogens is 324 g/mol. The summed E-state index contributed by atoms with van der Waals surface area (Å²) in [6.07, 6.45) is 2.26. The number of benzene rings is 1. The predicted octanol–water partition coefficient (Wildman–Crippen LogP) is 1.56. The third-order valence-electron chi connectivity index (χ3n) is 2.86. The van der Waals surface area contributed by atoms with E-state index in [9.17, 15) is 4.79 Å². The zero-order valence-corrected chi connectivity index (χ0v) is 12.8. The molecule has 0 saturated heterocycles. The Labute approximate surface area is 125 Å². The van der Waals surface area contributed by atoms with Crippen molar-refractivity contribution in [3.8, 4) is 5.75 Å². The van der Waals surface area contributed by atoms with Crippen molar-refractivity contribution in [1.82, 2.24) is 20.1 Å². The highest BCUT2D eigenvalue weighted by atomic mass is 79.9. The summed E-state index contributed by atoms with van der Waals surface area (Å²) in [5, 5.41) is 10.6. The van der Waals surface area contributed by atoms with Gasteiger partial charge in [-0.05, 0) is 34.1 Å². The van der Waals surface area contributed by atoms with Crippen LogP contribution in [0.3, 0.4) is 0 Å². The number of ether oxygens (including phenoxy) is 1. The molecular formula is C13H15BrN4O2. The Kier molecular flexibility index (Phi) is 4.73. The zero-order chi connectivity index (χ0) is 14.5. The molecule has 0 radical (unpaired) electrons. The van der Waals surface area contributed by atoms with Crippen molar-refractivity contribution in [3.05, 3.63) is 40.4 Å². The van der Waals surface area contributed by atoms with E-state index >= 15 is 0 Å². The molecule has 0 atom stereocenters. The van der Waals surface area contributed by atoms with Gasteiger partial charge < -0.3 is 14.6 Å². The van der Waals surface area contributed by atoms with Crippen LogP contribution in [0.5, 0.6) is 5.75 Å². The van der Waals surface area contributed by atoms with Crippen molar-refractivity contribution in [2.75, 3.05) is 13.7 Å². The Bertz CT molecular complexity index is 612. The van der Waals surface area contributed by atoms with Gasteiger partial charge in [0.15, 0.2) is 0 Å². The summed E-state index contributed by atoms with van der Waals surface area (Å²) in [7, 11) is 3.44. The molecule has 6 nitrogen and oxygen atoms in total. The number of rotatable bonds is 5. The van der Waals surface area contributed by atoms with E-state index in [1.807, 2.05) is 11.6 Å². The van der Waals surface area contributed by atoms with Gasteiger partial charge in [0.1, 0.15) is 17.9 Å². The zero-order valence-electron chi connectivity index (χ0n) is 11.3. The van der Waals surface area contributed by atoms with E-state index in [2.05, 4.69) is 31.4 Å². The fourth-order valence-corrected chi connectivity index (χ4v) is 2.15. The van der Waals surface area contributed by atoms with E-state index in [1.165, 1.54) is 0 Å². The number of aryl methyl sites for hydroxylation is 1. The molecule has 1 heterocycles. The standard InChI is InChI=1S/C13H15BrN4O2/c1-18-8-16-17-12(18)5-6-15-13(19)10-7-9(20-2)3-4-11(10)14/h3-4,7-8H,5-6H2,1-2H3,(H,15,19). The molecule has 2 rings (SSSR count). The molecule has 0 bridgehead atoms. The molecule has 2 aromatic rings. The Hall–Kier alpha value is -1.89. The monoisotopic (exact) mass is 338 g/mol. The lowest BCUT2D eigenvalue weighted by molar-refractivity contribution is 0.0953. The average Bonchev–Trinajstić information content (AvgIpc) is 2.85. The van der Waals surface area contributed by atoms with Crippen LogP contribution in [0, 0.1) is 0 Å². The minimum absolute atomic E-state index is 0.155. The first-order chi connectivity index (χ1) is 9.61. The largest absolute Gasteiger partial charge is 0.497 e. The van der Waals surface area contributed by atoms with Gasteiger partial charge in [-0.3, -0.25) is 4.79 Å². The van der Waals surface area contributed by atoms with Crippen LogP contribution in [0.25, 0.3) is 0 Å². The maximum absolute atomic E-state index is 12.1. The topological polar surface area (TPSA) is 69.0 Å². The second-order valence-electron chi connectivity index (χ2n) is 4.21. The number of hydrogen-bond acceptors (Lipinski definition) is 4. The summed E-state index contributed by atoms with van der Waals surface area (Å²) in [6.45, 7) is 0.495. The van der Waals surface area contributed by atoms with Crippen LogP contribution >= 0.6 is 15.9 Å². The highest BCUT2D eigenvalue weighted by molar-refractivity contribution is 9.10. The number of aromatic nitrogens is 3. The number of hydrogen-bond donors (Lipinski definition) is 1. The summed E-state index contributed by atoms with van der Waals surface area (Å²) in [6, 6.07) is 5.28. The third-order valence-corrected chi connectivity index (χ3v) is 3.55.